The number of allylic oxidation sites excluding steroid dienone is 1. The molecule has 0 aliphatic heterocycles. The lowest BCUT2D eigenvalue weighted by molar-refractivity contribution is -0.117. The fourth-order valence-corrected chi connectivity index (χ4v) is 2.71. The second-order valence-corrected chi connectivity index (χ2v) is 5.85. The number of carbonyl (C=O) groups excluding carboxylic acids is 1. The van der Waals surface area contributed by atoms with E-state index in [0.29, 0.717) is 6.04 Å². The molecule has 108 valence electrons. The van der Waals surface area contributed by atoms with Gasteiger partial charge in [-0.2, -0.15) is 0 Å². The molecule has 0 spiro atoms. The molecule has 2 rings (SSSR count). The Labute approximate surface area is 126 Å². The van der Waals surface area contributed by atoms with Crippen LogP contribution in [0, 0.1) is 0 Å². The Kier molecular flexibility index (Phi) is 6.13. The molecule has 0 radical (unpaired) electrons. The molecule has 0 bridgehead atoms. The van der Waals surface area contributed by atoms with E-state index >= 15 is 0 Å². The van der Waals surface area contributed by atoms with Crippen molar-refractivity contribution >= 4 is 17.5 Å². The van der Waals surface area contributed by atoms with E-state index in [2.05, 4.69) is 5.32 Å². The molecule has 3 heteroatoms. The number of hydrogen-bond donors (Lipinski definition) is 1. The number of rotatable bonds is 5. The number of carbonyl (C=O) groups is 1. The molecule has 0 atom stereocenters. The number of halogens is 1. The molecule has 0 heterocycles. The minimum absolute atomic E-state index is 0.0491. The predicted molar refractivity (Wildman–Crippen MR) is 83.9 cm³/mol. The first-order valence-corrected chi connectivity index (χ1v) is 7.83. The lowest BCUT2D eigenvalue weighted by atomic mass is 9.95. The lowest BCUT2D eigenvalue weighted by Crippen LogP contribution is -2.35. The number of amides is 1. The summed E-state index contributed by atoms with van der Waals surface area (Å²) in [5.41, 5.74) is 1.24. The van der Waals surface area contributed by atoms with Gasteiger partial charge in [0.15, 0.2) is 0 Å². The summed E-state index contributed by atoms with van der Waals surface area (Å²) in [7, 11) is 0. The van der Waals surface area contributed by atoms with Crippen LogP contribution in [0.4, 0.5) is 0 Å². The maximum Gasteiger partial charge on any atom is 0.243 e. The standard InChI is InChI=1S/C17H22ClNO/c18-15-12-10-14(11-13-15)6-4-5-9-17(20)19-16-7-2-1-3-8-16/h5,9-13,16H,1-4,6-8H2,(H,19,20). The molecule has 0 saturated heterocycles. The van der Waals surface area contributed by atoms with Gasteiger partial charge in [-0.3, -0.25) is 4.79 Å². The van der Waals surface area contributed by atoms with Gasteiger partial charge in [-0.15, -0.1) is 0 Å². The fraction of sp³-hybridized carbons (Fsp3) is 0.471. The first-order chi connectivity index (χ1) is 9.74. The Morgan fingerprint density at radius 3 is 2.60 bits per heavy atom. The van der Waals surface area contributed by atoms with E-state index in [4.69, 9.17) is 11.6 Å². The van der Waals surface area contributed by atoms with Gasteiger partial charge in [0.2, 0.25) is 5.91 Å². The van der Waals surface area contributed by atoms with E-state index < -0.39 is 0 Å². The molecule has 0 unspecified atom stereocenters. The number of nitrogens with one attached hydrogen (secondary N) is 1. The van der Waals surface area contributed by atoms with E-state index in [0.717, 1.165) is 30.7 Å². The van der Waals surface area contributed by atoms with Crippen molar-refractivity contribution in [2.75, 3.05) is 0 Å². The average Bonchev–Trinajstić information content (AvgIpc) is 2.46. The number of hydrogen-bond acceptors (Lipinski definition) is 1. The molecule has 2 nitrogen and oxygen atoms in total. The normalized spacial score (nSPS) is 16.4. The van der Waals surface area contributed by atoms with Crippen LogP contribution >= 0.6 is 11.6 Å². The van der Waals surface area contributed by atoms with Crippen LogP contribution in [0.5, 0.6) is 0 Å². The van der Waals surface area contributed by atoms with Gasteiger partial charge in [0.1, 0.15) is 0 Å². The quantitative estimate of drug-likeness (QED) is 0.806. The third-order valence-electron chi connectivity index (χ3n) is 3.73. The molecule has 1 amide bonds. The zero-order chi connectivity index (χ0) is 14.2. The van der Waals surface area contributed by atoms with Crippen LogP contribution in [0.15, 0.2) is 36.4 Å². The first-order valence-electron chi connectivity index (χ1n) is 7.45. The predicted octanol–water partition coefficient (Wildman–Crippen LogP) is 4.28. The fourth-order valence-electron chi connectivity index (χ4n) is 2.59. The molecule has 1 N–H and O–H groups in total. The first kappa shape index (κ1) is 15.1. The molecule has 1 saturated carbocycles. The highest BCUT2D eigenvalue weighted by Crippen LogP contribution is 2.17. The molecule has 1 fully saturated rings. The molecule has 1 aromatic carbocycles. The maximum atomic E-state index is 11.8. The van der Waals surface area contributed by atoms with Crippen LogP contribution in [0.25, 0.3) is 0 Å². The Morgan fingerprint density at radius 2 is 1.90 bits per heavy atom. The Hall–Kier alpha value is -1.28. The van der Waals surface area contributed by atoms with Gasteiger partial charge in [-0.1, -0.05) is 49.1 Å². The maximum absolute atomic E-state index is 11.8. The molecular weight excluding hydrogens is 270 g/mol. The smallest absolute Gasteiger partial charge is 0.243 e. The summed E-state index contributed by atoms with van der Waals surface area (Å²) in [6, 6.07) is 8.24. The zero-order valence-corrected chi connectivity index (χ0v) is 12.5. The van der Waals surface area contributed by atoms with Gasteiger partial charge in [0.25, 0.3) is 0 Å². The second-order valence-electron chi connectivity index (χ2n) is 5.41. The van der Waals surface area contributed by atoms with E-state index in [-0.39, 0.29) is 5.91 Å². The van der Waals surface area contributed by atoms with Crippen LogP contribution in [-0.4, -0.2) is 11.9 Å². The molecule has 1 aliphatic carbocycles. The number of benzene rings is 1. The van der Waals surface area contributed by atoms with Crippen LogP contribution in [-0.2, 0) is 11.2 Å². The van der Waals surface area contributed by atoms with Crippen LogP contribution in [0.3, 0.4) is 0 Å². The third kappa shape index (κ3) is 5.38. The summed E-state index contributed by atoms with van der Waals surface area (Å²) in [6.07, 6.45) is 11.5. The SMILES string of the molecule is O=C(C=CCCc1ccc(Cl)cc1)NC1CCCCC1. The van der Waals surface area contributed by atoms with E-state index in [1.165, 1.54) is 24.8 Å². The summed E-state index contributed by atoms with van der Waals surface area (Å²) in [5, 5.41) is 3.84. The van der Waals surface area contributed by atoms with Crippen molar-refractivity contribution in [1.29, 1.82) is 0 Å². The average molecular weight is 292 g/mol. The molecule has 20 heavy (non-hydrogen) atoms. The third-order valence-corrected chi connectivity index (χ3v) is 3.99. The van der Waals surface area contributed by atoms with E-state index in [1.807, 2.05) is 30.3 Å². The summed E-state index contributed by atoms with van der Waals surface area (Å²) in [6.45, 7) is 0. The van der Waals surface area contributed by atoms with Crippen LogP contribution in [0.2, 0.25) is 5.02 Å². The Morgan fingerprint density at radius 1 is 1.20 bits per heavy atom. The highest BCUT2D eigenvalue weighted by molar-refractivity contribution is 6.30. The topological polar surface area (TPSA) is 29.1 Å². The highest BCUT2D eigenvalue weighted by atomic mass is 35.5. The molecule has 1 aliphatic rings. The number of aryl methyl sites for hydroxylation is 1. The molecule has 1 aromatic rings. The minimum atomic E-state index is 0.0491. The second kappa shape index (κ2) is 8.11. The van der Waals surface area contributed by atoms with Crippen molar-refractivity contribution in [1.82, 2.24) is 5.32 Å². The van der Waals surface area contributed by atoms with Gasteiger partial charge in [-0.05, 0) is 49.5 Å². The van der Waals surface area contributed by atoms with Crippen molar-refractivity contribution < 1.29 is 4.79 Å². The van der Waals surface area contributed by atoms with Crippen molar-refractivity contribution in [3.63, 3.8) is 0 Å². The van der Waals surface area contributed by atoms with Gasteiger partial charge in [-0.25, -0.2) is 0 Å². The van der Waals surface area contributed by atoms with E-state index in [1.54, 1.807) is 6.08 Å². The molecule has 0 aromatic heterocycles. The minimum Gasteiger partial charge on any atom is -0.350 e. The van der Waals surface area contributed by atoms with Gasteiger partial charge in [0, 0.05) is 11.1 Å². The van der Waals surface area contributed by atoms with Crippen molar-refractivity contribution in [2.24, 2.45) is 0 Å². The highest BCUT2D eigenvalue weighted by Gasteiger charge is 2.13. The molecular formula is C17H22ClNO. The largest absolute Gasteiger partial charge is 0.350 e. The van der Waals surface area contributed by atoms with Gasteiger partial charge < -0.3 is 5.32 Å². The Bertz CT molecular complexity index is 447. The monoisotopic (exact) mass is 291 g/mol. The van der Waals surface area contributed by atoms with Gasteiger partial charge >= 0.3 is 0 Å². The van der Waals surface area contributed by atoms with E-state index in [9.17, 15) is 4.79 Å². The van der Waals surface area contributed by atoms with Crippen molar-refractivity contribution in [3.8, 4) is 0 Å². The van der Waals surface area contributed by atoms with Crippen molar-refractivity contribution in [2.45, 2.75) is 51.0 Å². The van der Waals surface area contributed by atoms with Gasteiger partial charge in [0.05, 0.1) is 0 Å². The summed E-state index contributed by atoms with van der Waals surface area (Å²) in [4.78, 5) is 11.8. The summed E-state index contributed by atoms with van der Waals surface area (Å²) >= 11 is 5.84. The Balaban J connectivity index is 1.67. The van der Waals surface area contributed by atoms with Crippen molar-refractivity contribution in [3.05, 3.63) is 47.0 Å². The summed E-state index contributed by atoms with van der Waals surface area (Å²) in [5.74, 6) is 0.0491. The lowest BCUT2D eigenvalue weighted by Gasteiger charge is -2.21. The zero-order valence-electron chi connectivity index (χ0n) is 11.8. The summed E-state index contributed by atoms with van der Waals surface area (Å²) < 4.78 is 0. The van der Waals surface area contributed by atoms with Crippen LogP contribution < -0.4 is 5.32 Å². The van der Waals surface area contributed by atoms with Crippen LogP contribution in [0.1, 0.15) is 44.1 Å².